The lowest BCUT2D eigenvalue weighted by atomic mass is 9.98. The van der Waals surface area contributed by atoms with E-state index in [0.29, 0.717) is 45.2 Å². The van der Waals surface area contributed by atoms with Crippen LogP contribution in [0.5, 0.6) is 0 Å². The van der Waals surface area contributed by atoms with E-state index in [1.54, 1.807) is 0 Å². The fraction of sp³-hybridized carbons (Fsp3) is 0.721. The number of nitrogens with two attached hydrogens (primary N) is 7. The van der Waals surface area contributed by atoms with E-state index in [1.165, 1.54) is 24.8 Å². The summed E-state index contributed by atoms with van der Waals surface area (Å²) in [7, 11) is 0. The molecule has 1 fully saturated rings. The number of amides is 7. The molecule has 27 nitrogen and oxygen atoms in total. The van der Waals surface area contributed by atoms with Crippen molar-refractivity contribution in [3.8, 4) is 0 Å². The standard InChI is InChI=1S/C43H79N15O12/c1-24(53-40(67)35(32(61)22-47)57-37(64)27(48)11-3-5-17-44)36(63)52-23-33(62)54-29(13-7-19-46)41(68)58-21-9-14-30(58)38(65)56-34(25(2)59)39(66)55-28(12-4-6-18-45)31(60)16-15-26(42(69)70)10-8-20-51-43(49)50/h10,24-25,27-30,32,34-35,59,61H,3-9,11-23,44-48H2,1-2H3,(H,52,63)(H,53,67)(H,54,62)(H,55,66)(H,56,65)(H,57,64)(H,69,70)(H4,49,50,51)/b26-10+/t24-,25-,27-,28-,29+,30-,32-,34-,35-/m0/s1. The number of aliphatic imine (C=N–C) groups is 1. The highest BCUT2D eigenvalue weighted by Gasteiger charge is 2.40. The van der Waals surface area contributed by atoms with Gasteiger partial charge in [0.15, 0.2) is 11.7 Å². The molecule has 0 saturated carbocycles. The Hall–Kier alpha value is -5.84. The van der Waals surface area contributed by atoms with Gasteiger partial charge >= 0.3 is 5.97 Å². The molecule has 70 heavy (non-hydrogen) atoms. The number of likely N-dealkylation sites (tertiary alicyclic amines) is 1. The molecule has 0 aromatic carbocycles. The van der Waals surface area contributed by atoms with Crippen LogP contribution >= 0.6 is 0 Å². The van der Waals surface area contributed by atoms with Crippen LogP contribution in [-0.2, 0) is 43.2 Å². The molecule has 27 heteroatoms. The number of guanidine groups is 1. The van der Waals surface area contributed by atoms with Gasteiger partial charge in [0.1, 0.15) is 30.2 Å². The van der Waals surface area contributed by atoms with Gasteiger partial charge in [0.05, 0.1) is 30.8 Å². The molecule has 0 bridgehead atoms. The van der Waals surface area contributed by atoms with Gasteiger partial charge in [0.2, 0.25) is 41.4 Å². The SMILES string of the molecule is C[C@H](NC(=O)[C@@H](NC(=O)[C@@H](N)CCCCN)[C@@H](O)CN)C(=O)NCC(=O)N[C@H](CCCN)C(=O)N1CCC[C@H]1C(=O)N[C@H](C(=O)N[C@@H](CCCCN)C(=O)CC/C(=C\CCN=C(N)N)C(=O)O)[C@H](C)O. The highest BCUT2D eigenvalue weighted by Crippen LogP contribution is 2.21. The minimum absolute atomic E-state index is 0.0412. The maximum absolute atomic E-state index is 14.0. The van der Waals surface area contributed by atoms with Crippen LogP contribution in [0.4, 0.5) is 0 Å². The summed E-state index contributed by atoms with van der Waals surface area (Å²) in [5.74, 6) is -7.60. The second kappa shape index (κ2) is 33.7. The molecule has 0 radical (unpaired) electrons. The molecule has 1 rings (SSSR count). The number of unbranched alkanes of at least 4 members (excludes halogenated alkanes) is 2. The van der Waals surface area contributed by atoms with Crippen LogP contribution in [-0.4, -0.2) is 180 Å². The van der Waals surface area contributed by atoms with E-state index >= 15 is 0 Å². The Bertz CT molecular complexity index is 1800. The number of aliphatic hydroxyl groups is 2. The van der Waals surface area contributed by atoms with Crippen LogP contribution < -0.4 is 72.0 Å². The van der Waals surface area contributed by atoms with Crippen molar-refractivity contribution in [1.29, 1.82) is 0 Å². The fourth-order valence-electron chi connectivity index (χ4n) is 7.27. The number of hydrogen-bond acceptors (Lipinski definition) is 17. The van der Waals surface area contributed by atoms with Crippen molar-refractivity contribution in [2.24, 2.45) is 45.1 Å². The first-order chi connectivity index (χ1) is 33.1. The zero-order valence-corrected chi connectivity index (χ0v) is 40.4. The summed E-state index contributed by atoms with van der Waals surface area (Å²) in [6.45, 7) is 2.52. The molecule has 1 heterocycles. The van der Waals surface area contributed by atoms with Crippen molar-refractivity contribution >= 4 is 59.1 Å². The third-order valence-corrected chi connectivity index (χ3v) is 11.3. The van der Waals surface area contributed by atoms with E-state index in [0.717, 1.165) is 0 Å². The van der Waals surface area contributed by atoms with E-state index < -0.39 is 121 Å². The first-order valence-electron chi connectivity index (χ1n) is 23.6. The van der Waals surface area contributed by atoms with Gasteiger partial charge in [-0.3, -0.25) is 43.3 Å². The number of carbonyl (C=O) groups excluding carboxylic acids is 8. The molecule has 0 aromatic rings. The Labute approximate surface area is 408 Å². The number of nitrogens with one attached hydrogen (secondary N) is 6. The molecule has 23 N–H and O–H groups in total. The van der Waals surface area contributed by atoms with Gasteiger partial charge in [-0.1, -0.05) is 12.5 Å². The third kappa shape index (κ3) is 22.7. The van der Waals surface area contributed by atoms with E-state index in [4.69, 9.17) is 40.1 Å². The fourth-order valence-corrected chi connectivity index (χ4v) is 7.27. The summed E-state index contributed by atoms with van der Waals surface area (Å²) in [6.07, 6.45) is 1.47. The number of aliphatic carboxylic acids is 1. The molecule has 0 unspecified atom stereocenters. The summed E-state index contributed by atoms with van der Waals surface area (Å²) in [5, 5.41) is 45.4. The Morgan fingerprint density at radius 3 is 1.93 bits per heavy atom. The minimum atomic E-state index is -1.59. The number of rotatable bonds is 35. The summed E-state index contributed by atoms with van der Waals surface area (Å²) >= 11 is 0. The topological polar surface area (TPSA) is 484 Å². The average Bonchev–Trinajstić information content (AvgIpc) is 3.81. The molecule has 7 amide bonds. The summed E-state index contributed by atoms with van der Waals surface area (Å²) < 4.78 is 0. The van der Waals surface area contributed by atoms with E-state index in [9.17, 15) is 58.5 Å². The largest absolute Gasteiger partial charge is 0.478 e. The van der Waals surface area contributed by atoms with Crippen LogP contribution in [0.15, 0.2) is 16.6 Å². The number of nitrogens with zero attached hydrogens (tertiary/aromatic N) is 2. The zero-order chi connectivity index (χ0) is 52.9. The number of Topliss-reactive ketones (excluding diaryl/α,β-unsaturated/α-hetero) is 1. The van der Waals surface area contributed by atoms with Crippen molar-refractivity contribution in [2.75, 3.05) is 45.8 Å². The second-order valence-corrected chi connectivity index (χ2v) is 17.0. The maximum Gasteiger partial charge on any atom is 0.331 e. The lowest BCUT2D eigenvalue weighted by Crippen LogP contribution is -2.60. The molecule has 1 aliphatic heterocycles. The van der Waals surface area contributed by atoms with Gasteiger partial charge in [0, 0.05) is 31.6 Å². The van der Waals surface area contributed by atoms with Crippen molar-refractivity contribution in [1.82, 2.24) is 36.8 Å². The van der Waals surface area contributed by atoms with Crippen molar-refractivity contribution in [3.05, 3.63) is 11.6 Å². The molecular weight excluding hydrogens is 919 g/mol. The summed E-state index contributed by atoms with van der Waals surface area (Å²) in [4.78, 5) is 124. The molecule has 0 aliphatic carbocycles. The van der Waals surface area contributed by atoms with E-state index in [1.807, 2.05) is 0 Å². The Balaban J connectivity index is 3.05. The van der Waals surface area contributed by atoms with Gasteiger partial charge in [-0.25, -0.2) is 4.79 Å². The Kier molecular flexibility index (Phi) is 29.9. The predicted octanol–water partition coefficient (Wildman–Crippen LogP) is -6.41. The Morgan fingerprint density at radius 1 is 0.729 bits per heavy atom. The number of aliphatic hydroxyl groups excluding tert-OH is 2. The van der Waals surface area contributed by atoms with E-state index in [-0.39, 0.29) is 82.5 Å². The number of carbonyl (C=O) groups is 9. The molecule has 398 valence electrons. The minimum Gasteiger partial charge on any atom is -0.478 e. The van der Waals surface area contributed by atoms with Crippen LogP contribution in [0.25, 0.3) is 0 Å². The van der Waals surface area contributed by atoms with Crippen LogP contribution in [0, 0.1) is 0 Å². The van der Waals surface area contributed by atoms with Crippen molar-refractivity contribution < 1.29 is 58.5 Å². The maximum atomic E-state index is 14.0. The highest BCUT2D eigenvalue weighted by molar-refractivity contribution is 5.98. The Morgan fingerprint density at radius 2 is 1.34 bits per heavy atom. The van der Waals surface area contributed by atoms with Gasteiger partial charge < -0.3 is 92.3 Å². The van der Waals surface area contributed by atoms with Crippen LogP contribution in [0.3, 0.4) is 0 Å². The van der Waals surface area contributed by atoms with Crippen LogP contribution in [0.1, 0.15) is 97.3 Å². The van der Waals surface area contributed by atoms with Gasteiger partial charge in [-0.05, 0) is 104 Å². The number of carboxylic acid groups (broad SMARTS) is 1. The van der Waals surface area contributed by atoms with E-state index in [2.05, 4.69) is 36.9 Å². The monoisotopic (exact) mass is 998 g/mol. The van der Waals surface area contributed by atoms with Gasteiger partial charge in [0.25, 0.3) is 0 Å². The van der Waals surface area contributed by atoms with Crippen LogP contribution in [0.2, 0.25) is 0 Å². The number of hydrogen-bond donors (Lipinski definition) is 16. The molecule has 0 aromatic heterocycles. The summed E-state index contributed by atoms with van der Waals surface area (Å²) in [6, 6.07) is -8.92. The summed E-state index contributed by atoms with van der Waals surface area (Å²) in [5.41, 5.74) is 38.9. The smallest absolute Gasteiger partial charge is 0.331 e. The lowest BCUT2D eigenvalue weighted by Gasteiger charge is -2.31. The average molecular weight is 998 g/mol. The predicted molar refractivity (Wildman–Crippen MR) is 257 cm³/mol. The molecule has 0 spiro atoms. The lowest BCUT2D eigenvalue weighted by molar-refractivity contribution is -0.143. The first kappa shape index (κ1) is 62.2. The third-order valence-electron chi connectivity index (χ3n) is 11.3. The van der Waals surface area contributed by atoms with Crippen molar-refractivity contribution in [3.63, 3.8) is 0 Å². The van der Waals surface area contributed by atoms with Gasteiger partial charge in [-0.15, -0.1) is 0 Å². The molecule has 9 atom stereocenters. The number of carboxylic acids is 1. The molecule has 1 saturated heterocycles. The second-order valence-electron chi connectivity index (χ2n) is 17.0. The molecule has 1 aliphatic rings. The first-order valence-corrected chi connectivity index (χ1v) is 23.6. The quantitative estimate of drug-likeness (QED) is 0.0121. The van der Waals surface area contributed by atoms with Gasteiger partial charge in [-0.2, -0.15) is 0 Å². The zero-order valence-electron chi connectivity index (χ0n) is 40.4. The highest BCUT2D eigenvalue weighted by atomic mass is 16.4. The molecular formula is C43H79N15O12. The normalized spacial score (nSPS) is 17.0. The van der Waals surface area contributed by atoms with Crippen molar-refractivity contribution in [2.45, 2.75) is 152 Å². The number of ketones is 1.